The lowest BCUT2D eigenvalue weighted by atomic mass is 10.3. The number of sulfonamides is 1. The molecule has 0 bridgehead atoms. The summed E-state index contributed by atoms with van der Waals surface area (Å²) in [4.78, 5) is 2.34. The number of nitrogens with zero attached hydrogens (tertiary/aromatic N) is 4. The second-order valence-corrected chi connectivity index (χ2v) is 6.96. The molecule has 0 N–H and O–H groups in total. The van der Waals surface area contributed by atoms with Gasteiger partial charge in [0.05, 0.1) is 6.26 Å². The van der Waals surface area contributed by atoms with Gasteiger partial charge in [-0.2, -0.15) is 5.10 Å². The van der Waals surface area contributed by atoms with Crippen LogP contribution in [0, 0.1) is 0 Å². The minimum absolute atomic E-state index is 0.612. The smallest absolute Gasteiger partial charge is 0.211 e. The minimum Gasteiger partial charge on any atom is -0.302 e. The highest BCUT2D eigenvalue weighted by molar-refractivity contribution is 7.88. The van der Waals surface area contributed by atoms with Gasteiger partial charge in [-0.05, 0) is 32.0 Å². The summed E-state index contributed by atoms with van der Waals surface area (Å²) in [5, 5.41) is 4.17. The van der Waals surface area contributed by atoms with Crippen LogP contribution < -0.4 is 0 Å². The molecule has 1 aromatic heterocycles. The van der Waals surface area contributed by atoms with Crippen molar-refractivity contribution in [3.63, 3.8) is 0 Å². The van der Waals surface area contributed by atoms with E-state index in [2.05, 4.69) is 10.00 Å². The van der Waals surface area contributed by atoms with E-state index >= 15 is 0 Å². The summed E-state index contributed by atoms with van der Waals surface area (Å²) in [6.45, 7) is 4.98. The lowest BCUT2D eigenvalue weighted by Crippen LogP contribution is -2.34. The number of hydrogen-bond acceptors (Lipinski definition) is 4. The van der Waals surface area contributed by atoms with Crippen LogP contribution in [0.15, 0.2) is 18.5 Å². The maximum atomic E-state index is 11.5. The molecular weight excluding hydrogens is 264 g/mol. The van der Waals surface area contributed by atoms with E-state index in [9.17, 15) is 8.42 Å². The first-order chi connectivity index (χ1) is 9.05. The molecule has 0 spiro atoms. The molecule has 7 heteroatoms. The van der Waals surface area contributed by atoms with Crippen LogP contribution in [0.25, 0.3) is 0 Å². The number of rotatable bonds is 5. The van der Waals surface area contributed by atoms with Crippen LogP contribution in [0.4, 0.5) is 0 Å². The maximum Gasteiger partial charge on any atom is 0.211 e. The van der Waals surface area contributed by atoms with Crippen molar-refractivity contribution >= 4 is 10.0 Å². The molecule has 0 unspecified atom stereocenters. The Balaban J connectivity index is 1.74. The summed E-state index contributed by atoms with van der Waals surface area (Å²) in [5.74, 6) is 0. The highest BCUT2D eigenvalue weighted by Crippen LogP contribution is 2.07. The Hall–Kier alpha value is -0.920. The van der Waals surface area contributed by atoms with E-state index in [1.807, 2.05) is 16.9 Å². The summed E-state index contributed by atoms with van der Waals surface area (Å²) in [6.07, 6.45) is 7.00. The van der Waals surface area contributed by atoms with E-state index in [4.69, 9.17) is 0 Å². The normalized spacial score (nSPS) is 19.4. The molecule has 6 nitrogen and oxygen atoms in total. The zero-order chi connectivity index (χ0) is 13.7. The van der Waals surface area contributed by atoms with Crippen LogP contribution in [0.5, 0.6) is 0 Å². The Morgan fingerprint density at radius 3 is 2.68 bits per heavy atom. The Labute approximate surface area is 115 Å². The molecule has 1 fully saturated rings. The van der Waals surface area contributed by atoms with E-state index in [1.54, 1.807) is 10.5 Å². The standard InChI is InChI=1S/C12H22N4O2S/c1-19(17,18)16-10-4-7-14(11-12-16)6-3-9-15-8-2-5-13-15/h2,5,8H,3-4,6-7,9-12H2,1H3. The number of aromatic nitrogens is 2. The Bertz CT molecular complexity index is 472. The fourth-order valence-electron chi connectivity index (χ4n) is 2.39. The summed E-state index contributed by atoms with van der Waals surface area (Å²) in [5.41, 5.74) is 0. The number of aryl methyl sites for hydroxylation is 1. The first-order valence-corrected chi connectivity index (χ1v) is 8.55. The Morgan fingerprint density at radius 1 is 1.16 bits per heavy atom. The molecule has 1 aliphatic heterocycles. The van der Waals surface area contributed by atoms with Crippen molar-refractivity contribution < 1.29 is 8.42 Å². The van der Waals surface area contributed by atoms with Gasteiger partial charge in [0.15, 0.2) is 0 Å². The predicted octanol–water partition coefficient (Wildman–Crippen LogP) is 0.241. The van der Waals surface area contributed by atoms with E-state index < -0.39 is 10.0 Å². The van der Waals surface area contributed by atoms with Gasteiger partial charge in [0, 0.05) is 38.6 Å². The van der Waals surface area contributed by atoms with Crippen molar-refractivity contribution in [3.05, 3.63) is 18.5 Å². The summed E-state index contributed by atoms with van der Waals surface area (Å²) < 4.78 is 26.5. The van der Waals surface area contributed by atoms with Gasteiger partial charge >= 0.3 is 0 Å². The minimum atomic E-state index is -3.04. The highest BCUT2D eigenvalue weighted by Gasteiger charge is 2.20. The fraction of sp³-hybridized carbons (Fsp3) is 0.750. The van der Waals surface area contributed by atoms with Gasteiger partial charge in [-0.1, -0.05) is 0 Å². The molecule has 0 amide bonds. The molecular formula is C12H22N4O2S. The summed E-state index contributed by atoms with van der Waals surface area (Å²) in [7, 11) is -3.04. The molecule has 2 heterocycles. The van der Waals surface area contributed by atoms with E-state index in [-0.39, 0.29) is 0 Å². The quantitative estimate of drug-likeness (QED) is 0.778. The topological polar surface area (TPSA) is 58.4 Å². The van der Waals surface area contributed by atoms with E-state index in [0.717, 1.165) is 39.0 Å². The lowest BCUT2D eigenvalue weighted by Gasteiger charge is -2.20. The van der Waals surface area contributed by atoms with Crippen molar-refractivity contribution in [3.8, 4) is 0 Å². The van der Waals surface area contributed by atoms with Crippen LogP contribution >= 0.6 is 0 Å². The van der Waals surface area contributed by atoms with Gasteiger partial charge in [-0.3, -0.25) is 4.68 Å². The van der Waals surface area contributed by atoms with Crippen molar-refractivity contribution in [1.82, 2.24) is 19.0 Å². The van der Waals surface area contributed by atoms with Gasteiger partial charge in [0.25, 0.3) is 0 Å². The van der Waals surface area contributed by atoms with Crippen molar-refractivity contribution in [2.45, 2.75) is 19.4 Å². The SMILES string of the molecule is CS(=O)(=O)N1CCCN(CCCn2cccn2)CC1. The predicted molar refractivity (Wildman–Crippen MR) is 74.3 cm³/mol. The molecule has 108 valence electrons. The first-order valence-electron chi connectivity index (χ1n) is 6.70. The largest absolute Gasteiger partial charge is 0.302 e. The monoisotopic (exact) mass is 286 g/mol. The van der Waals surface area contributed by atoms with Crippen molar-refractivity contribution in [2.24, 2.45) is 0 Å². The molecule has 0 aromatic carbocycles. The van der Waals surface area contributed by atoms with Gasteiger partial charge in [0.1, 0.15) is 0 Å². The average Bonchev–Trinajstić information content (AvgIpc) is 2.72. The molecule has 19 heavy (non-hydrogen) atoms. The van der Waals surface area contributed by atoms with Gasteiger partial charge in [0.2, 0.25) is 10.0 Å². The molecule has 0 saturated carbocycles. The zero-order valence-electron chi connectivity index (χ0n) is 11.4. The Morgan fingerprint density at radius 2 is 2.00 bits per heavy atom. The van der Waals surface area contributed by atoms with E-state index in [0.29, 0.717) is 13.1 Å². The van der Waals surface area contributed by atoms with Crippen LogP contribution in [0.2, 0.25) is 0 Å². The average molecular weight is 286 g/mol. The third kappa shape index (κ3) is 4.59. The van der Waals surface area contributed by atoms with Crippen LogP contribution in [-0.4, -0.2) is 66.4 Å². The summed E-state index contributed by atoms with van der Waals surface area (Å²) in [6, 6.07) is 1.93. The molecule has 0 atom stereocenters. The lowest BCUT2D eigenvalue weighted by molar-refractivity contribution is 0.275. The van der Waals surface area contributed by atoms with Crippen molar-refractivity contribution in [2.75, 3.05) is 39.0 Å². The third-order valence-corrected chi connectivity index (χ3v) is 4.74. The summed E-state index contributed by atoms with van der Waals surface area (Å²) >= 11 is 0. The van der Waals surface area contributed by atoms with Gasteiger partial charge in [-0.25, -0.2) is 12.7 Å². The Kier molecular flexibility index (Phi) is 4.95. The second kappa shape index (κ2) is 6.49. The molecule has 1 aliphatic rings. The maximum absolute atomic E-state index is 11.5. The zero-order valence-corrected chi connectivity index (χ0v) is 12.2. The second-order valence-electron chi connectivity index (χ2n) is 4.98. The first kappa shape index (κ1) is 14.5. The van der Waals surface area contributed by atoms with Crippen molar-refractivity contribution in [1.29, 1.82) is 0 Å². The highest BCUT2D eigenvalue weighted by atomic mass is 32.2. The fourth-order valence-corrected chi connectivity index (χ4v) is 3.27. The molecule has 2 rings (SSSR count). The van der Waals surface area contributed by atoms with Gasteiger partial charge < -0.3 is 4.90 Å². The number of hydrogen-bond donors (Lipinski definition) is 0. The van der Waals surface area contributed by atoms with E-state index in [1.165, 1.54) is 6.26 Å². The molecule has 0 aliphatic carbocycles. The van der Waals surface area contributed by atoms with Crippen LogP contribution in [0.1, 0.15) is 12.8 Å². The van der Waals surface area contributed by atoms with Crippen LogP contribution in [0.3, 0.4) is 0 Å². The van der Waals surface area contributed by atoms with Gasteiger partial charge in [-0.15, -0.1) is 0 Å². The molecule has 0 radical (unpaired) electrons. The van der Waals surface area contributed by atoms with Crippen LogP contribution in [-0.2, 0) is 16.6 Å². The molecule has 1 aromatic rings. The third-order valence-electron chi connectivity index (χ3n) is 3.44. The molecule has 1 saturated heterocycles.